The summed E-state index contributed by atoms with van der Waals surface area (Å²) in [5.41, 5.74) is 2.03. The van der Waals surface area contributed by atoms with Crippen LogP contribution >= 0.6 is 0 Å². The molecule has 8 N–H and O–H groups in total. The number of hydrogen-bond acceptors (Lipinski definition) is 13. The maximum absolute atomic E-state index is 13.4. The first-order valence-corrected chi connectivity index (χ1v) is 20.0. The minimum absolute atomic E-state index is 0.0223. The lowest BCUT2D eigenvalue weighted by molar-refractivity contribution is -0.140. The van der Waals surface area contributed by atoms with E-state index in [1.807, 2.05) is 13.8 Å². The SMILES string of the molecule is COc1ccc(C(NC(=O)CNC(=O)[C@H](CC(=O)O)NC(=O)c2ccc(-c3ccc(NC(=O)[C@H](CC(C)C)NC(=O)CNC(C)=O)cn3)nc2)c2ccc(OCC(=O)O)cc2)c(OC)c1. The Bertz CT molecular complexity index is 2340. The number of nitrogens with one attached hydrogen (secondary N) is 6. The molecule has 21 heteroatoms. The maximum Gasteiger partial charge on any atom is 0.341 e. The highest BCUT2D eigenvalue weighted by Gasteiger charge is 2.27. The number of carboxylic acid groups (broad SMARTS) is 2. The van der Waals surface area contributed by atoms with Crippen LogP contribution in [-0.4, -0.2) is 114 Å². The van der Waals surface area contributed by atoms with E-state index in [4.69, 9.17) is 19.3 Å². The molecule has 0 saturated carbocycles. The Kier molecular flexibility index (Phi) is 18.2. The predicted molar refractivity (Wildman–Crippen MR) is 232 cm³/mol. The number of amides is 6. The molecule has 0 spiro atoms. The van der Waals surface area contributed by atoms with Gasteiger partial charge in [0.15, 0.2) is 6.61 Å². The zero-order chi connectivity index (χ0) is 47.6. The van der Waals surface area contributed by atoms with E-state index >= 15 is 0 Å². The summed E-state index contributed by atoms with van der Waals surface area (Å²) in [5, 5.41) is 33.8. The van der Waals surface area contributed by atoms with Gasteiger partial charge in [0.25, 0.3) is 5.91 Å². The number of carboxylic acids is 2. The molecule has 4 rings (SSSR count). The van der Waals surface area contributed by atoms with Crippen molar-refractivity contribution in [1.82, 2.24) is 36.6 Å². The van der Waals surface area contributed by atoms with Crippen molar-refractivity contribution in [3.8, 4) is 28.6 Å². The number of aliphatic carboxylic acids is 2. The molecule has 2 heterocycles. The van der Waals surface area contributed by atoms with Gasteiger partial charge < -0.3 is 56.3 Å². The highest BCUT2D eigenvalue weighted by atomic mass is 16.5. The van der Waals surface area contributed by atoms with Crippen LogP contribution in [0.2, 0.25) is 0 Å². The van der Waals surface area contributed by atoms with Crippen LogP contribution in [0.3, 0.4) is 0 Å². The van der Waals surface area contributed by atoms with E-state index in [0.717, 1.165) is 0 Å². The monoisotopic (exact) mass is 898 g/mol. The van der Waals surface area contributed by atoms with Gasteiger partial charge in [-0.3, -0.25) is 43.5 Å². The van der Waals surface area contributed by atoms with Gasteiger partial charge >= 0.3 is 11.9 Å². The molecule has 0 aliphatic carbocycles. The van der Waals surface area contributed by atoms with E-state index in [9.17, 15) is 43.5 Å². The Labute approximate surface area is 373 Å². The van der Waals surface area contributed by atoms with Crippen molar-refractivity contribution < 1.29 is 62.8 Å². The van der Waals surface area contributed by atoms with Gasteiger partial charge in [0.05, 0.1) is 68.6 Å². The molecule has 0 aliphatic rings. The first kappa shape index (κ1) is 49.6. The second-order valence-electron chi connectivity index (χ2n) is 14.7. The third-order valence-corrected chi connectivity index (χ3v) is 9.23. The number of anilines is 1. The largest absolute Gasteiger partial charge is 0.497 e. The van der Waals surface area contributed by atoms with Crippen molar-refractivity contribution in [1.29, 1.82) is 0 Å². The molecular formula is C44H50N8O13. The maximum atomic E-state index is 13.4. The highest BCUT2D eigenvalue weighted by Crippen LogP contribution is 2.34. The zero-order valence-corrected chi connectivity index (χ0v) is 36.1. The first-order valence-electron chi connectivity index (χ1n) is 20.0. The number of ether oxygens (including phenoxy) is 3. The summed E-state index contributed by atoms with van der Waals surface area (Å²) >= 11 is 0. The van der Waals surface area contributed by atoms with E-state index < -0.39 is 79.2 Å². The van der Waals surface area contributed by atoms with Crippen LogP contribution in [0, 0.1) is 5.92 Å². The smallest absolute Gasteiger partial charge is 0.341 e. The molecule has 0 bridgehead atoms. The number of carbonyl (C=O) groups excluding carboxylic acids is 6. The van der Waals surface area contributed by atoms with E-state index in [1.54, 1.807) is 42.5 Å². The van der Waals surface area contributed by atoms with Crippen molar-refractivity contribution in [3.05, 3.63) is 95.8 Å². The Balaban J connectivity index is 1.40. The Morgan fingerprint density at radius 1 is 0.677 bits per heavy atom. The number of carbonyl (C=O) groups is 8. The Morgan fingerprint density at radius 3 is 1.89 bits per heavy atom. The summed E-state index contributed by atoms with van der Waals surface area (Å²) in [4.78, 5) is 108. The van der Waals surface area contributed by atoms with Crippen molar-refractivity contribution in [2.75, 3.05) is 39.2 Å². The van der Waals surface area contributed by atoms with Gasteiger partial charge in [0, 0.05) is 24.8 Å². The minimum Gasteiger partial charge on any atom is -0.497 e. The molecule has 0 aliphatic heterocycles. The summed E-state index contributed by atoms with van der Waals surface area (Å²) in [5.74, 6) is -5.29. The van der Waals surface area contributed by atoms with Gasteiger partial charge in [-0.1, -0.05) is 26.0 Å². The average Bonchev–Trinajstić information content (AvgIpc) is 3.28. The second-order valence-corrected chi connectivity index (χ2v) is 14.7. The third-order valence-electron chi connectivity index (χ3n) is 9.23. The molecule has 0 radical (unpaired) electrons. The van der Waals surface area contributed by atoms with Crippen molar-refractivity contribution in [3.63, 3.8) is 0 Å². The average molecular weight is 899 g/mol. The molecule has 4 aromatic rings. The molecule has 1 unspecified atom stereocenters. The van der Waals surface area contributed by atoms with Gasteiger partial charge in [-0.15, -0.1) is 0 Å². The number of hydrogen-bond donors (Lipinski definition) is 8. The van der Waals surface area contributed by atoms with Crippen molar-refractivity contribution in [2.24, 2.45) is 5.92 Å². The fourth-order valence-corrected chi connectivity index (χ4v) is 6.11. The fraction of sp³-hybridized carbons (Fsp3) is 0.318. The Hall–Kier alpha value is -8.10. The van der Waals surface area contributed by atoms with Gasteiger partial charge in [-0.05, 0) is 66.4 Å². The topological polar surface area (TPSA) is 303 Å². The van der Waals surface area contributed by atoms with Crippen molar-refractivity contribution >= 4 is 53.1 Å². The summed E-state index contributed by atoms with van der Waals surface area (Å²) in [6.07, 6.45) is 2.10. The molecule has 2 aromatic heterocycles. The van der Waals surface area contributed by atoms with Gasteiger partial charge in [-0.2, -0.15) is 0 Å². The van der Waals surface area contributed by atoms with E-state index in [-0.39, 0.29) is 29.7 Å². The summed E-state index contributed by atoms with van der Waals surface area (Å²) in [7, 11) is 2.90. The normalized spacial score (nSPS) is 12.0. The van der Waals surface area contributed by atoms with Crippen LogP contribution in [0.25, 0.3) is 11.4 Å². The molecule has 344 valence electrons. The number of rotatable bonds is 23. The molecular weight excluding hydrogens is 849 g/mol. The number of nitrogens with zero attached hydrogens (tertiary/aromatic N) is 2. The van der Waals surface area contributed by atoms with Crippen molar-refractivity contribution in [2.45, 2.75) is 51.7 Å². The van der Waals surface area contributed by atoms with Gasteiger partial charge in [-0.25, -0.2) is 4.79 Å². The molecule has 0 saturated heterocycles. The number of pyridine rings is 2. The van der Waals surface area contributed by atoms with E-state index in [0.29, 0.717) is 46.1 Å². The lowest BCUT2D eigenvalue weighted by Crippen LogP contribution is -2.50. The van der Waals surface area contributed by atoms with Gasteiger partial charge in [0.2, 0.25) is 29.5 Å². The highest BCUT2D eigenvalue weighted by molar-refractivity contribution is 5.99. The van der Waals surface area contributed by atoms with Crippen LogP contribution in [0.1, 0.15) is 61.1 Å². The molecule has 65 heavy (non-hydrogen) atoms. The number of methoxy groups -OCH3 is 2. The standard InChI is InChI=1S/C44H50N8O13/c1-24(2)16-34(50-37(54)21-45-25(3)53)44(62)49-28-9-15-33(47-20-28)32-14-8-27(19-46-32)42(60)51-35(18-39(56)57)43(61)48-22-38(55)52-41(31-13-12-30(63-4)17-36(31)64-5)26-6-10-29(11-7-26)65-23-40(58)59/h6-15,17,19-20,24,34-35,41H,16,18,21-23H2,1-5H3,(H,45,53)(H,48,61)(H,49,62)(H,50,54)(H,51,60)(H,52,55)(H,56,57)(H,58,59)/t34-,35-,41?/m0/s1. The van der Waals surface area contributed by atoms with Crippen LogP contribution in [-0.2, 0) is 33.6 Å². The summed E-state index contributed by atoms with van der Waals surface area (Å²) in [6.45, 7) is 3.59. The summed E-state index contributed by atoms with van der Waals surface area (Å²) in [6, 6.07) is 13.8. The number of benzene rings is 2. The van der Waals surface area contributed by atoms with Crippen LogP contribution in [0.15, 0.2) is 79.1 Å². The molecule has 3 atom stereocenters. The van der Waals surface area contributed by atoms with Crippen LogP contribution in [0.5, 0.6) is 17.2 Å². The predicted octanol–water partition coefficient (Wildman–Crippen LogP) is 1.82. The molecule has 21 nitrogen and oxygen atoms in total. The van der Waals surface area contributed by atoms with Gasteiger partial charge in [0.1, 0.15) is 29.3 Å². The summed E-state index contributed by atoms with van der Waals surface area (Å²) < 4.78 is 16.1. The van der Waals surface area contributed by atoms with Crippen LogP contribution < -0.4 is 46.1 Å². The van der Waals surface area contributed by atoms with E-state index in [1.165, 1.54) is 57.8 Å². The fourth-order valence-electron chi connectivity index (χ4n) is 6.11. The third kappa shape index (κ3) is 15.6. The lowest BCUT2D eigenvalue weighted by Gasteiger charge is -2.23. The van der Waals surface area contributed by atoms with Crippen LogP contribution in [0.4, 0.5) is 5.69 Å². The Morgan fingerprint density at radius 2 is 1.32 bits per heavy atom. The molecule has 6 amide bonds. The molecule has 0 fully saturated rings. The van der Waals surface area contributed by atoms with E-state index in [2.05, 4.69) is 41.9 Å². The zero-order valence-electron chi connectivity index (χ0n) is 36.1. The number of aromatic nitrogens is 2. The quantitative estimate of drug-likeness (QED) is 0.0527. The second kappa shape index (κ2) is 23.9. The lowest BCUT2D eigenvalue weighted by atomic mass is 9.97. The first-order chi connectivity index (χ1) is 31.0. The minimum atomic E-state index is -1.60. The molecule has 2 aromatic carbocycles.